The quantitative estimate of drug-likeness (QED) is 0.912. The number of aromatic nitrogens is 2. The summed E-state index contributed by atoms with van der Waals surface area (Å²) < 4.78 is 7.94. The maximum Gasteiger partial charge on any atom is 0.206 e. The lowest BCUT2D eigenvalue weighted by Crippen LogP contribution is -3.13. The summed E-state index contributed by atoms with van der Waals surface area (Å²) in [5.74, 6) is 1.13. The van der Waals surface area contributed by atoms with Crippen molar-refractivity contribution in [3.63, 3.8) is 0 Å². The minimum absolute atomic E-state index is 0.806. The molecule has 2 saturated heterocycles. The molecule has 0 saturated carbocycles. The SMILES string of the molecule is c1ccc2c(c1)nc(N1CCOCC1)n2CC[NH+]1CCCCC1. The number of nitrogens with one attached hydrogen (secondary N) is 1. The van der Waals surface area contributed by atoms with Gasteiger partial charge in [-0.05, 0) is 31.4 Å². The molecule has 2 aromatic rings. The summed E-state index contributed by atoms with van der Waals surface area (Å²) in [4.78, 5) is 9.06. The first-order valence-corrected chi connectivity index (χ1v) is 9.03. The predicted molar refractivity (Wildman–Crippen MR) is 92.2 cm³/mol. The van der Waals surface area contributed by atoms with Gasteiger partial charge in [-0.25, -0.2) is 4.98 Å². The Morgan fingerprint density at radius 3 is 2.65 bits per heavy atom. The van der Waals surface area contributed by atoms with E-state index in [0.29, 0.717) is 0 Å². The van der Waals surface area contributed by atoms with Crippen molar-refractivity contribution >= 4 is 17.0 Å². The van der Waals surface area contributed by atoms with Crippen molar-refractivity contribution in [1.82, 2.24) is 9.55 Å². The number of hydrogen-bond acceptors (Lipinski definition) is 3. The Morgan fingerprint density at radius 2 is 1.83 bits per heavy atom. The minimum Gasteiger partial charge on any atom is -0.378 e. The highest BCUT2D eigenvalue weighted by Gasteiger charge is 2.21. The van der Waals surface area contributed by atoms with Crippen molar-refractivity contribution in [1.29, 1.82) is 0 Å². The molecule has 1 N–H and O–H groups in total. The molecule has 0 unspecified atom stereocenters. The number of likely N-dealkylation sites (tertiary alicyclic amines) is 1. The van der Waals surface area contributed by atoms with Crippen LogP contribution in [0.15, 0.2) is 24.3 Å². The summed E-state index contributed by atoms with van der Waals surface area (Å²) in [6.45, 7) is 8.43. The van der Waals surface area contributed by atoms with Gasteiger partial charge in [0.25, 0.3) is 0 Å². The Bertz CT molecular complexity index is 642. The number of piperidine rings is 1. The number of nitrogens with zero attached hydrogens (tertiary/aromatic N) is 3. The molecule has 23 heavy (non-hydrogen) atoms. The number of ether oxygens (including phenoxy) is 1. The number of rotatable bonds is 4. The highest BCUT2D eigenvalue weighted by Crippen LogP contribution is 2.23. The van der Waals surface area contributed by atoms with E-state index < -0.39 is 0 Å². The van der Waals surface area contributed by atoms with Gasteiger partial charge in [0, 0.05) is 13.1 Å². The topological polar surface area (TPSA) is 34.7 Å². The van der Waals surface area contributed by atoms with Gasteiger partial charge in [0.05, 0.1) is 50.4 Å². The highest BCUT2D eigenvalue weighted by atomic mass is 16.5. The van der Waals surface area contributed by atoms with Gasteiger partial charge < -0.3 is 19.1 Å². The first-order valence-electron chi connectivity index (χ1n) is 9.03. The Kier molecular flexibility index (Phi) is 4.48. The van der Waals surface area contributed by atoms with Crippen LogP contribution in [-0.2, 0) is 11.3 Å². The maximum atomic E-state index is 5.51. The fraction of sp³-hybridized carbons (Fsp3) is 0.611. The second kappa shape index (κ2) is 6.89. The first kappa shape index (κ1) is 15.0. The van der Waals surface area contributed by atoms with E-state index in [0.717, 1.165) is 44.3 Å². The molecule has 0 amide bonds. The molecule has 0 bridgehead atoms. The molecule has 0 aliphatic carbocycles. The van der Waals surface area contributed by atoms with Gasteiger partial charge in [-0.15, -0.1) is 0 Å². The van der Waals surface area contributed by atoms with E-state index in [1.165, 1.54) is 44.4 Å². The van der Waals surface area contributed by atoms with Gasteiger partial charge in [-0.3, -0.25) is 0 Å². The average molecular weight is 315 g/mol. The van der Waals surface area contributed by atoms with Crippen molar-refractivity contribution < 1.29 is 9.64 Å². The van der Waals surface area contributed by atoms with E-state index in [4.69, 9.17) is 9.72 Å². The molecular formula is C18H27N4O+. The maximum absolute atomic E-state index is 5.51. The van der Waals surface area contributed by atoms with Gasteiger partial charge in [-0.2, -0.15) is 0 Å². The van der Waals surface area contributed by atoms with Gasteiger partial charge in [0.2, 0.25) is 5.95 Å². The lowest BCUT2D eigenvalue weighted by Gasteiger charge is -2.29. The van der Waals surface area contributed by atoms with Crippen LogP contribution in [0.4, 0.5) is 5.95 Å². The largest absolute Gasteiger partial charge is 0.378 e. The summed E-state index contributed by atoms with van der Waals surface area (Å²) in [5.41, 5.74) is 2.38. The van der Waals surface area contributed by atoms with Crippen LogP contribution < -0.4 is 9.80 Å². The summed E-state index contributed by atoms with van der Waals surface area (Å²) in [5, 5.41) is 0. The fourth-order valence-electron chi connectivity index (χ4n) is 3.86. The van der Waals surface area contributed by atoms with E-state index in [-0.39, 0.29) is 0 Å². The molecule has 2 aliphatic rings. The second-order valence-corrected chi connectivity index (χ2v) is 6.71. The molecule has 1 aromatic carbocycles. The summed E-state index contributed by atoms with van der Waals surface area (Å²) in [6, 6.07) is 8.54. The van der Waals surface area contributed by atoms with Crippen molar-refractivity contribution in [3.05, 3.63) is 24.3 Å². The van der Waals surface area contributed by atoms with Crippen LogP contribution in [0.5, 0.6) is 0 Å². The number of para-hydroxylation sites is 2. The van der Waals surface area contributed by atoms with Gasteiger partial charge >= 0.3 is 0 Å². The molecule has 2 fully saturated rings. The highest BCUT2D eigenvalue weighted by molar-refractivity contribution is 5.78. The number of benzene rings is 1. The van der Waals surface area contributed by atoms with Crippen molar-refractivity contribution in [2.45, 2.75) is 25.8 Å². The molecule has 4 rings (SSSR count). The van der Waals surface area contributed by atoms with Crippen molar-refractivity contribution in [2.24, 2.45) is 0 Å². The van der Waals surface area contributed by atoms with Crippen LogP contribution in [0.2, 0.25) is 0 Å². The molecule has 5 nitrogen and oxygen atoms in total. The lowest BCUT2D eigenvalue weighted by atomic mass is 10.1. The molecule has 1 aromatic heterocycles. The number of quaternary nitrogens is 1. The Balaban J connectivity index is 1.59. The number of fused-ring (bicyclic) bond motifs is 1. The lowest BCUT2D eigenvalue weighted by molar-refractivity contribution is -0.905. The summed E-state index contributed by atoms with van der Waals surface area (Å²) in [6.07, 6.45) is 4.18. The van der Waals surface area contributed by atoms with Gasteiger partial charge in [-0.1, -0.05) is 12.1 Å². The fourth-order valence-corrected chi connectivity index (χ4v) is 3.86. The van der Waals surface area contributed by atoms with E-state index in [9.17, 15) is 0 Å². The standard InChI is InChI=1S/C18H26N4O/c1-4-8-20(9-5-1)10-11-22-17-7-3-2-6-16(17)19-18(22)21-12-14-23-15-13-21/h2-3,6-7H,1,4-5,8-15H2/p+1. The zero-order valence-electron chi connectivity index (χ0n) is 13.8. The molecule has 0 atom stereocenters. The average Bonchev–Trinajstić information content (AvgIpc) is 3.00. The molecule has 0 radical (unpaired) electrons. The Hall–Kier alpha value is -1.59. The Morgan fingerprint density at radius 1 is 1.04 bits per heavy atom. The Labute approximate surface area is 137 Å². The third kappa shape index (κ3) is 3.21. The monoisotopic (exact) mass is 315 g/mol. The van der Waals surface area contributed by atoms with Crippen LogP contribution in [0.25, 0.3) is 11.0 Å². The van der Waals surface area contributed by atoms with Crippen LogP contribution in [-0.4, -0.2) is 55.5 Å². The summed E-state index contributed by atoms with van der Waals surface area (Å²) >= 11 is 0. The van der Waals surface area contributed by atoms with Gasteiger partial charge in [0.1, 0.15) is 0 Å². The normalized spacial score (nSPS) is 20.3. The van der Waals surface area contributed by atoms with Crippen LogP contribution in [0.1, 0.15) is 19.3 Å². The third-order valence-electron chi connectivity index (χ3n) is 5.18. The minimum atomic E-state index is 0.806. The zero-order valence-corrected chi connectivity index (χ0v) is 13.8. The third-order valence-corrected chi connectivity index (χ3v) is 5.18. The molecule has 0 spiro atoms. The summed E-state index contributed by atoms with van der Waals surface area (Å²) in [7, 11) is 0. The van der Waals surface area contributed by atoms with E-state index >= 15 is 0 Å². The van der Waals surface area contributed by atoms with Crippen molar-refractivity contribution in [3.8, 4) is 0 Å². The molecule has 3 heterocycles. The number of hydrogen-bond donors (Lipinski definition) is 1. The van der Waals surface area contributed by atoms with Crippen molar-refractivity contribution in [2.75, 3.05) is 50.8 Å². The number of imidazole rings is 1. The second-order valence-electron chi connectivity index (χ2n) is 6.71. The van der Waals surface area contributed by atoms with Crippen LogP contribution >= 0.6 is 0 Å². The zero-order chi connectivity index (χ0) is 15.5. The smallest absolute Gasteiger partial charge is 0.206 e. The predicted octanol–water partition coefficient (Wildman–Crippen LogP) is 0.942. The molecule has 124 valence electrons. The van der Waals surface area contributed by atoms with E-state index in [1.807, 2.05) is 0 Å². The van der Waals surface area contributed by atoms with E-state index in [1.54, 1.807) is 4.90 Å². The molecule has 2 aliphatic heterocycles. The number of anilines is 1. The van der Waals surface area contributed by atoms with E-state index in [2.05, 4.69) is 33.7 Å². The van der Waals surface area contributed by atoms with Gasteiger partial charge in [0.15, 0.2) is 0 Å². The van der Waals surface area contributed by atoms with Crippen LogP contribution in [0.3, 0.4) is 0 Å². The first-order chi connectivity index (χ1) is 11.4. The molecular weight excluding hydrogens is 288 g/mol. The number of morpholine rings is 1. The molecule has 5 heteroatoms. The van der Waals surface area contributed by atoms with Crippen LogP contribution in [0, 0.1) is 0 Å².